The van der Waals surface area contributed by atoms with Crippen LogP contribution in [-0.4, -0.2) is 20.9 Å². The normalized spacial score (nSPS) is 10.6. The maximum absolute atomic E-state index is 10.9. The molecule has 0 spiro atoms. The molecule has 2 rings (SSSR count). The molecule has 0 bridgehead atoms. The fraction of sp³-hybridized carbons (Fsp3) is 0.273. The number of ether oxygens (including phenoxy) is 1. The lowest BCUT2D eigenvalue weighted by Gasteiger charge is -2.04. The Morgan fingerprint density at radius 2 is 2.41 bits per heavy atom. The minimum Gasteiger partial charge on any atom is -0.478 e. The van der Waals surface area contributed by atoms with Crippen LogP contribution in [0.25, 0.3) is 0 Å². The van der Waals surface area contributed by atoms with Crippen molar-refractivity contribution in [3.8, 4) is 0 Å². The minimum absolute atomic E-state index is 0.193. The minimum atomic E-state index is -0.979. The van der Waals surface area contributed by atoms with Crippen LogP contribution in [0.5, 0.6) is 0 Å². The average Bonchev–Trinajstić information content (AvgIpc) is 2.89. The Labute approximate surface area is 102 Å². The molecule has 5 nitrogen and oxygen atoms in total. The van der Waals surface area contributed by atoms with Gasteiger partial charge in [0.2, 0.25) is 0 Å². The van der Waals surface area contributed by atoms with Gasteiger partial charge in [-0.1, -0.05) is 6.07 Å². The number of aromatic carboxylic acids is 1. The van der Waals surface area contributed by atoms with Crippen molar-refractivity contribution in [2.24, 2.45) is 7.05 Å². The van der Waals surface area contributed by atoms with Crippen LogP contribution < -0.4 is 0 Å². The summed E-state index contributed by atoms with van der Waals surface area (Å²) in [5.74, 6) is -0.979. The lowest BCUT2D eigenvalue weighted by molar-refractivity contribution is 0.0682. The largest absolute Gasteiger partial charge is 0.478 e. The molecule has 2 heterocycles. The van der Waals surface area contributed by atoms with Gasteiger partial charge in [-0.2, -0.15) is 5.10 Å². The zero-order chi connectivity index (χ0) is 12.3. The van der Waals surface area contributed by atoms with E-state index in [1.807, 2.05) is 17.5 Å². The highest BCUT2D eigenvalue weighted by molar-refractivity contribution is 7.09. The van der Waals surface area contributed by atoms with Gasteiger partial charge >= 0.3 is 5.97 Å². The van der Waals surface area contributed by atoms with Crippen molar-refractivity contribution in [1.82, 2.24) is 9.78 Å². The van der Waals surface area contributed by atoms with E-state index in [4.69, 9.17) is 9.84 Å². The van der Waals surface area contributed by atoms with Gasteiger partial charge < -0.3 is 9.84 Å². The highest BCUT2D eigenvalue weighted by Crippen LogP contribution is 2.13. The average molecular weight is 252 g/mol. The van der Waals surface area contributed by atoms with Gasteiger partial charge in [-0.3, -0.25) is 4.68 Å². The molecular formula is C11H12N2O3S. The monoisotopic (exact) mass is 252 g/mol. The van der Waals surface area contributed by atoms with Crippen LogP contribution in [-0.2, 0) is 25.0 Å². The standard InChI is InChI=1S/C11H12N2O3S/c1-13-10(9(5-12-13)11(14)15)7-16-6-8-3-2-4-17-8/h2-5H,6-7H2,1H3,(H,14,15). The molecule has 6 heteroatoms. The van der Waals surface area contributed by atoms with E-state index in [1.165, 1.54) is 10.9 Å². The quantitative estimate of drug-likeness (QED) is 0.882. The molecule has 0 aliphatic heterocycles. The number of nitrogens with zero attached hydrogens (tertiary/aromatic N) is 2. The van der Waals surface area contributed by atoms with Gasteiger partial charge in [-0.05, 0) is 11.4 Å². The van der Waals surface area contributed by atoms with Crippen LogP contribution in [0.3, 0.4) is 0 Å². The lowest BCUT2D eigenvalue weighted by atomic mass is 10.2. The molecule has 17 heavy (non-hydrogen) atoms. The topological polar surface area (TPSA) is 64.4 Å². The summed E-state index contributed by atoms with van der Waals surface area (Å²) in [6.45, 7) is 0.734. The number of carboxylic acids is 1. The molecule has 2 aromatic heterocycles. The van der Waals surface area contributed by atoms with E-state index in [-0.39, 0.29) is 12.2 Å². The molecule has 0 saturated carbocycles. The van der Waals surface area contributed by atoms with E-state index < -0.39 is 5.97 Å². The Morgan fingerprint density at radius 3 is 3.06 bits per heavy atom. The van der Waals surface area contributed by atoms with E-state index in [0.29, 0.717) is 12.3 Å². The molecule has 0 saturated heterocycles. The van der Waals surface area contributed by atoms with Gasteiger partial charge in [0.25, 0.3) is 0 Å². The van der Waals surface area contributed by atoms with Crippen molar-refractivity contribution in [3.63, 3.8) is 0 Å². The molecule has 0 aliphatic rings. The Kier molecular flexibility index (Phi) is 3.55. The number of aromatic nitrogens is 2. The van der Waals surface area contributed by atoms with Crippen molar-refractivity contribution < 1.29 is 14.6 Å². The second-order valence-corrected chi connectivity index (χ2v) is 4.54. The first kappa shape index (κ1) is 11.8. The number of carbonyl (C=O) groups is 1. The first-order valence-corrected chi connectivity index (χ1v) is 5.90. The number of thiophene rings is 1. The van der Waals surface area contributed by atoms with Crippen molar-refractivity contribution in [2.75, 3.05) is 0 Å². The maximum Gasteiger partial charge on any atom is 0.339 e. The van der Waals surface area contributed by atoms with Crippen LogP contribution in [0.15, 0.2) is 23.7 Å². The summed E-state index contributed by atoms with van der Waals surface area (Å²) in [7, 11) is 1.70. The summed E-state index contributed by atoms with van der Waals surface area (Å²) in [5.41, 5.74) is 0.771. The van der Waals surface area contributed by atoms with Gasteiger partial charge in [0.15, 0.2) is 0 Å². The maximum atomic E-state index is 10.9. The fourth-order valence-electron chi connectivity index (χ4n) is 1.46. The summed E-state index contributed by atoms with van der Waals surface area (Å²) in [4.78, 5) is 12.0. The molecule has 0 aliphatic carbocycles. The molecule has 0 radical (unpaired) electrons. The predicted molar refractivity (Wildman–Crippen MR) is 63.0 cm³/mol. The number of carboxylic acid groups (broad SMARTS) is 1. The van der Waals surface area contributed by atoms with Gasteiger partial charge in [0, 0.05) is 11.9 Å². The molecule has 0 atom stereocenters. The Morgan fingerprint density at radius 1 is 1.59 bits per heavy atom. The summed E-state index contributed by atoms with van der Waals surface area (Å²) >= 11 is 1.61. The molecule has 0 aromatic carbocycles. The third-order valence-electron chi connectivity index (χ3n) is 2.36. The predicted octanol–water partition coefficient (Wildman–Crippen LogP) is 1.90. The molecule has 90 valence electrons. The molecule has 2 aromatic rings. The highest BCUT2D eigenvalue weighted by Gasteiger charge is 2.14. The van der Waals surface area contributed by atoms with Crippen molar-refractivity contribution in [1.29, 1.82) is 0 Å². The van der Waals surface area contributed by atoms with E-state index in [1.54, 1.807) is 18.4 Å². The Bertz CT molecular complexity index is 505. The van der Waals surface area contributed by atoms with E-state index in [0.717, 1.165) is 4.88 Å². The third-order valence-corrected chi connectivity index (χ3v) is 3.21. The molecule has 0 unspecified atom stereocenters. The molecule has 0 amide bonds. The summed E-state index contributed by atoms with van der Waals surface area (Å²) in [6.07, 6.45) is 1.34. The van der Waals surface area contributed by atoms with Crippen LogP contribution in [0.1, 0.15) is 20.9 Å². The SMILES string of the molecule is Cn1ncc(C(=O)O)c1COCc1cccs1. The van der Waals surface area contributed by atoms with Crippen molar-refractivity contribution in [2.45, 2.75) is 13.2 Å². The van der Waals surface area contributed by atoms with E-state index in [9.17, 15) is 4.79 Å². The van der Waals surface area contributed by atoms with Gasteiger partial charge in [-0.15, -0.1) is 11.3 Å². The first-order chi connectivity index (χ1) is 8.18. The summed E-state index contributed by atoms with van der Waals surface area (Å²) in [5, 5.41) is 14.8. The molecule has 1 N–H and O–H groups in total. The zero-order valence-corrected chi connectivity index (χ0v) is 10.1. The van der Waals surface area contributed by atoms with Gasteiger partial charge in [0.1, 0.15) is 5.56 Å². The fourth-order valence-corrected chi connectivity index (χ4v) is 2.10. The third kappa shape index (κ3) is 2.72. The molecule has 0 fully saturated rings. The smallest absolute Gasteiger partial charge is 0.339 e. The number of hydrogen-bond donors (Lipinski definition) is 1. The van der Waals surface area contributed by atoms with Crippen LogP contribution >= 0.6 is 11.3 Å². The number of hydrogen-bond acceptors (Lipinski definition) is 4. The van der Waals surface area contributed by atoms with E-state index in [2.05, 4.69) is 5.10 Å². The Hall–Kier alpha value is -1.66. The van der Waals surface area contributed by atoms with E-state index >= 15 is 0 Å². The lowest BCUT2D eigenvalue weighted by Crippen LogP contribution is -2.06. The summed E-state index contributed by atoms with van der Waals surface area (Å²) in [6, 6.07) is 3.93. The van der Waals surface area contributed by atoms with Crippen molar-refractivity contribution in [3.05, 3.63) is 39.8 Å². The number of aryl methyl sites for hydroxylation is 1. The van der Waals surface area contributed by atoms with Crippen molar-refractivity contribution >= 4 is 17.3 Å². The van der Waals surface area contributed by atoms with Crippen LogP contribution in [0.2, 0.25) is 0 Å². The Balaban J connectivity index is 1.99. The van der Waals surface area contributed by atoms with Crippen LogP contribution in [0, 0.1) is 0 Å². The van der Waals surface area contributed by atoms with Gasteiger partial charge in [0.05, 0.1) is 25.1 Å². The number of rotatable bonds is 5. The van der Waals surface area contributed by atoms with Gasteiger partial charge in [-0.25, -0.2) is 4.79 Å². The second-order valence-electron chi connectivity index (χ2n) is 3.51. The second kappa shape index (κ2) is 5.11. The molecular weight excluding hydrogens is 240 g/mol. The summed E-state index contributed by atoms with van der Waals surface area (Å²) < 4.78 is 7.01. The highest BCUT2D eigenvalue weighted by atomic mass is 32.1. The first-order valence-electron chi connectivity index (χ1n) is 5.03. The van der Waals surface area contributed by atoms with Crippen LogP contribution in [0.4, 0.5) is 0 Å². The zero-order valence-electron chi connectivity index (χ0n) is 9.29.